The topological polar surface area (TPSA) is 130 Å². The highest BCUT2D eigenvalue weighted by Crippen LogP contribution is 2.37. The predicted molar refractivity (Wildman–Crippen MR) is 126 cm³/mol. The highest BCUT2D eigenvalue weighted by molar-refractivity contribution is 7.89. The van der Waals surface area contributed by atoms with E-state index in [2.05, 4.69) is 9.97 Å². The maximum atomic E-state index is 13.6. The van der Waals surface area contributed by atoms with Crippen molar-refractivity contribution in [1.82, 2.24) is 14.3 Å². The molecule has 0 spiro atoms. The summed E-state index contributed by atoms with van der Waals surface area (Å²) in [6, 6.07) is 6.24. The molecule has 0 radical (unpaired) electrons. The van der Waals surface area contributed by atoms with Gasteiger partial charge in [-0.2, -0.15) is 13.2 Å². The maximum Gasteiger partial charge on any atom is 0.416 e. The number of aromatic nitrogens is 2. The first-order valence-corrected chi connectivity index (χ1v) is 11.8. The molecule has 2 heterocycles. The van der Waals surface area contributed by atoms with Gasteiger partial charge in [-0.15, -0.1) is 0 Å². The average Bonchev–Trinajstić information content (AvgIpc) is 2.85. The highest BCUT2D eigenvalue weighted by atomic mass is 32.2. The van der Waals surface area contributed by atoms with Crippen molar-refractivity contribution in [2.24, 2.45) is 0 Å². The van der Waals surface area contributed by atoms with E-state index in [1.807, 2.05) is 0 Å². The van der Waals surface area contributed by atoms with Crippen LogP contribution in [0.2, 0.25) is 0 Å². The number of carbonyl (C=O) groups excluding carboxylic acids is 1. The van der Waals surface area contributed by atoms with Crippen molar-refractivity contribution in [3.63, 3.8) is 0 Å². The first-order valence-electron chi connectivity index (χ1n) is 10.4. The number of halogens is 3. The molecule has 37 heavy (non-hydrogen) atoms. The molecule has 3 aromatic rings. The molecule has 1 amide bonds. The van der Waals surface area contributed by atoms with Crippen LogP contribution in [0.4, 0.5) is 18.9 Å². The van der Waals surface area contributed by atoms with Crippen LogP contribution in [-0.2, 0) is 21.0 Å². The number of aliphatic carboxylic acids is 1. The Balaban J connectivity index is 2.26. The van der Waals surface area contributed by atoms with E-state index in [1.54, 1.807) is 12.1 Å². The van der Waals surface area contributed by atoms with Gasteiger partial charge in [-0.05, 0) is 36.4 Å². The molecule has 0 atom stereocenters. The van der Waals surface area contributed by atoms with E-state index in [-0.39, 0.29) is 17.1 Å². The monoisotopic (exact) mass is 538 g/mol. The van der Waals surface area contributed by atoms with Gasteiger partial charge in [-0.1, -0.05) is 0 Å². The SMILES string of the molecule is COc1ncccc1-c1ccncc1N(CC(=O)O)C(=O)c1cc(C(F)(F)F)cc(S(=O)(=O)N(C)C)c1. The third-order valence-corrected chi connectivity index (χ3v) is 6.94. The molecule has 14 heteroatoms. The number of ether oxygens (including phenoxy) is 1. The number of alkyl halides is 3. The van der Waals surface area contributed by atoms with E-state index < -0.39 is 50.6 Å². The van der Waals surface area contributed by atoms with Crippen LogP contribution in [0.15, 0.2) is 59.9 Å². The van der Waals surface area contributed by atoms with Crippen LogP contribution >= 0.6 is 0 Å². The normalized spacial score (nSPS) is 11.9. The number of nitrogens with zero attached hydrogens (tertiary/aromatic N) is 4. The molecule has 0 bridgehead atoms. The number of anilines is 1. The minimum absolute atomic E-state index is 0.0735. The van der Waals surface area contributed by atoms with E-state index in [0.29, 0.717) is 26.9 Å². The smallest absolute Gasteiger partial charge is 0.416 e. The molecule has 0 aliphatic carbocycles. The van der Waals surface area contributed by atoms with Gasteiger partial charge in [0.15, 0.2) is 0 Å². The number of hydrogen-bond acceptors (Lipinski definition) is 7. The zero-order valence-corrected chi connectivity index (χ0v) is 20.5. The molecule has 0 saturated carbocycles. The largest absolute Gasteiger partial charge is 0.481 e. The fourth-order valence-corrected chi connectivity index (χ4v) is 4.36. The zero-order valence-electron chi connectivity index (χ0n) is 19.7. The zero-order chi connectivity index (χ0) is 27.5. The Kier molecular flexibility index (Phi) is 7.83. The molecule has 0 saturated heterocycles. The molecular weight excluding hydrogens is 517 g/mol. The Labute approximate surface area is 210 Å². The van der Waals surface area contributed by atoms with Gasteiger partial charge in [-0.25, -0.2) is 17.7 Å². The van der Waals surface area contributed by atoms with Crippen LogP contribution < -0.4 is 9.64 Å². The van der Waals surface area contributed by atoms with Crippen molar-refractivity contribution in [2.75, 3.05) is 32.6 Å². The number of amides is 1. The third kappa shape index (κ3) is 5.86. The summed E-state index contributed by atoms with van der Waals surface area (Å²) in [6.45, 7) is -0.966. The average molecular weight is 539 g/mol. The molecule has 10 nitrogen and oxygen atoms in total. The standard InChI is InChI=1S/C23H21F3N4O6S/c1-29(2)37(34,35)16-10-14(9-15(11-16)23(24,25)26)22(33)30(13-20(31)32)19-12-27-8-6-17(19)18-5-4-7-28-21(18)36-3/h4-12H,13H2,1-3H3,(H,31,32). The van der Waals surface area contributed by atoms with Gasteiger partial charge in [0.25, 0.3) is 5.91 Å². The van der Waals surface area contributed by atoms with Gasteiger partial charge in [-0.3, -0.25) is 19.5 Å². The molecule has 196 valence electrons. The van der Waals surface area contributed by atoms with Crippen LogP contribution in [0.1, 0.15) is 15.9 Å². The number of carboxylic acid groups (broad SMARTS) is 1. The number of carboxylic acids is 1. The van der Waals surface area contributed by atoms with Gasteiger partial charge in [0, 0.05) is 43.2 Å². The Morgan fingerprint density at radius 3 is 2.38 bits per heavy atom. The van der Waals surface area contributed by atoms with Crippen LogP contribution in [0.25, 0.3) is 11.1 Å². The molecule has 0 aliphatic heterocycles. The lowest BCUT2D eigenvalue weighted by atomic mass is 10.0. The van der Waals surface area contributed by atoms with Crippen LogP contribution in [0.3, 0.4) is 0 Å². The third-order valence-electron chi connectivity index (χ3n) is 5.14. The van der Waals surface area contributed by atoms with E-state index >= 15 is 0 Å². The summed E-state index contributed by atoms with van der Waals surface area (Å²) in [5.41, 5.74) is -1.55. The number of carbonyl (C=O) groups is 2. The van der Waals surface area contributed by atoms with Crippen molar-refractivity contribution in [1.29, 1.82) is 0 Å². The summed E-state index contributed by atoms with van der Waals surface area (Å²) in [6.07, 6.45) is -1.03. The fraction of sp³-hybridized carbons (Fsp3) is 0.217. The minimum atomic E-state index is -4.99. The van der Waals surface area contributed by atoms with E-state index in [9.17, 15) is 36.3 Å². The molecule has 2 aromatic heterocycles. The number of rotatable bonds is 8. The number of hydrogen-bond donors (Lipinski definition) is 1. The quantitative estimate of drug-likeness (QED) is 0.463. The Morgan fingerprint density at radius 2 is 1.78 bits per heavy atom. The van der Waals surface area contributed by atoms with Crippen LogP contribution in [-0.4, -0.2) is 67.4 Å². The molecule has 1 aromatic carbocycles. The van der Waals surface area contributed by atoms with Crippen LogP contribution in [0, 0.1) is 0 Å². The van der Waals surface area contributed by atoms with Crippen molar-refractivity contribution < 1.29 is 41.0 Å². The molecule has 0 aliphatic rings. The summed E-state index contributed by atoms with van der Waals surface area (Å²) < 4.78 is 72.1. The van der Waals surface area contributed by atoms with Crippen LogP contribution in [0.5, 0.6) is 5.88 Å². The number of benzene rings is 1. The lowest BCUT2D eigenvalue weighted by Crippen LogP contribution is -2.36. The lowest BCUT2D eigenvalue weighted by Gasteiger charge is -2.24. The number of pyridine rings is 2. The first-order chi connectivity index (χ1) is 17.3. The molecule has 0 fully saturated rings. The second-order valence-corrected chi connectivity index (χ2v) is 9.92. The maximum absolute atomic E-state index is 13.6. The van der Waals surface area contributed by atoms with E-state index in [0.717, 1.165) is 26.4 Å². The van der Waals surface area contributed by atoms with Gasteiger partial charge >= 0.3 is 12.1 Å². The molecular formula is C23H21F3N4O6S. The second-order valence-electron chi connectivity index (χ2n) is 7.77. The summed E-state index contributed by atoms with van der Waals surface area (Å²) in [7, 11) is -0.787. The lowest BCUT2D eigenvalue weighted by molar-refractivity contribution is -0.138. The van der Waals surface area contributed by atoms with Crippen molar-refractivity contribution in [3.8, 4) is 17.0 Å². The van der Waals surface area contributed by atoms with Gasteiger partial charge in [0.05, 0.1) is 29.5 Å². The van der Waals surface area contributed by atoms with E-state index in [4.69, 9.17) is 4.74 Å². The highest BCUT2D eigenvalue weighted by Gasteiger charge is 2.35. The summed E-state index contributed by atoms with van der Waals surface area (Å²) in [4.78, 5) is 33.2. The minimum Gasteiger partial charge on any atom is -0.481 e. The van der Waals surface area contributed by atoms with E-state index in [1.165, 1.54) is 25.6 Å². The summed E-state index contributed by atoms with van der Waals surface area (Å²) in [5.74, 6) is -2.54. The fourth-order valence-electron chi connectivity index (χ4n) is 3.39. The number of sulfonamides is 1. The summed E-state index contributed by atoms with van der Waals surface area (Å²) >= 11 is 0. The van der Waals surface area contributed by atoms with Crippen molar-refractivity contribution in [2.45, 2.75) is 11.1 Å². The molecule has 3 rings (SSSR count). The van der Waals surface area contributed by atoms with Gasteiger partial charge in [0.2, 0.25) is 15.9 Å². The first kappa shape index (κ1) is 27.5. The number of methoxy groups -OCH3 is 1. The van der Waals surface area contributed by atoms with Crippen molar-refractivity contribution in [3.05, 3.63) is 66.1 Å². The Morgan fingerprint density at radius 1 is 1.08 bits per heavy atom. The summed E-state index contributed by atoms with van der Waals surface area (Å²) in [5, 5.41) is 9.51. The predicted octanol–water partition coefficient (Wildman–Crippen LogP) is 3.15. The van der Waals surface area contributed by atoms with Gasteiger partial charge < -0.3 is 9.84 Å². The van der Waals surface area contributed by atoms with Crippen molar-refractivity contribution >= 4 is 27.6 Å². The second kappa shape index (κ2) is 10.5. The molecule has 1 N–H and O–H groups in total. The molecule has 0 unspecified atom stereocenters. The Bertz CT molecular complexity index is 1440. The van der Waals surface area contributed by atoms with Gasteiger partial charge in [0.1, 0.15) is 6.54 Å². The Hall–Kier alpha value is -4.04.